The number of nitrogens with zero attached hydrogens (tertiary/aromatic N) is 2. The predicted molar refractivity (Wildman–Crippen MR) is 87.8 cm³/mol. The molecule has 1 unspecified atom stereocenters. The maximum Gasteiger partial charge on any atom is 0.255 e. The van der Waals surface area contributed by atoms with Gasteiger partial charge in [-0.15, -0.1) is 23.1 Å². The van der Waals surface area contributed by atoms with E-state index in [-0.39, 0.29) is 17.9 Å². The molecule has 0 N–H and O–H groups in total. The van der Waals surface area contributed by atoms with Crippen LogP contribution in [0.5, 0.6) is 0 Å². The van der Waals surface area contributed by atoms with Crippen molar-refractivity contribution in [3.8, 4) is 0 Å². The molecule has 0 spiro atoms. The smallest absolute Gasteiger partial charge is 0.255 e. The van der Waals surface area contributed by atoms with Gasteiger partial charge in [-0.2, -0.15) is 0 Å². The zero-order valence-corrected chi connectivity index (χ0v) is 13.5. The minimum absolute atomic E-state index is 0.00930. The van der Waals surface area contributed by atoms with Crippen molar-refractivity contribution in [1.29, 1.82) is 0 Å². The van der Waals surface area contributed by atoms with E-state index in [4.69, 9.17) is 0 Å². The third-order valence-corrected chi connectivity index (χ3v) is 5.48. The van der Waals surface area contributed by atoms with E-state index in [1.165, 1.54) is 4.70 Å². The highest BCUT2D eigenvalue weighted by Crippen LogP contribution is 2.27. The van der Waals surface area contributed by atoms with Gasteiger partial charge in [-0.25, -0.2) is 0 Å². The summed E-state index contributed by atoms with van der Waals surface area (Å²) in [5, 5.41) is 3.09. The number of carbonyl (C=O) groups is 2. The Hall–Kier alpha value is -1.53. The van der Waals surface area contributed by atoms with Crippen molar-refractivity contribution in [2.75, 3.05) is 25.7 Å². The van der Waals surface area contributed by atoms with Crippen LogP contribution < -0.4 is 0 Å². The molecule has 1 atom stereocenters. The molecule has 0 aliphatic carbocycles. The van der Waals surface area contributed by atoms with E-state index < -0.39 is 0 Å². The second-order valence-electron chi connectivity index (χ2n) is 5.20. The van der Waals surface area contributed by atoms with Crippen LogP contribution in [0.25, 0.3) is 10.1 Å². The zero-order chi connectivity index (χ0) is 15.0. The molecule has 1 fully saturated rings. The number of amides is 2. The summed E-state index contributed by atoms with van der Waals surface area (Å²) in [6.45, 7) is 0. The van der Waals surface area contributed by atoms with E-state index >= 15 is 0 Å². The van der Waals surface area contributed by atoms with Crippen LogP contribution in [0.2, 0.25) is 0 Å². The Labute approximate surface area is 131 Å². The van der Waals surface area contributed by atoms with Gasteiger partial charge in [0.05, 0.1) is 5.88 Å². The molecule has 2 heterocycles. The van der Waals surface area contributed by atoms with Crippen molar-refractivity contribution in [3.05, 3.63) is 35.2 Å². The molecular weight excluding hydrogens is 304 g/mol. The molecule has 6 heteroatoms. The minimum atomic E-state index is -0.351. The average molecular weight is 320 g/mol. The van der Waals surface area contributed by atoms with Gasteiger partial charge in [0.15, 0.2) is 0 Å². The van der Waals surface area contributed by atoms with Gasteiger partial charge < -0.3 is 9.80 Å². The summed E-state index contributed by atoms with van der Waals surface area (Å²) in [6.07, 6.45) is 0. The van der Waals surface area contributed by atoms with Gasteiger partial charge in [0, 0.05) is 30.1 Å². The first-order valence-electron chi connectivity index (χ1n) is 6.65. The van der Waals surface area contributed by atoms with Gasteiger partial charge in [0.25, 0.3) is 5.91 Å². The lowest BCUT2D eigenvalue weighted by Crippen LogP contribution is -2.46. The van der Waals surface area contributed by atoms with Crippen LogP contribution in [0.1, 0.15) is 10.4 Å². The van der Waals surface area contributed by atoms with Gasteiger partial charge >= 0.3 is 0 Å². The molecule has 1 aliphatic heterocycles. The standard InChI is InChI=1S/C15H16N2O2S2/c1-16(2)15(19)12-8-20-9-17(12)14(18)11-3-4-13-10(7-11)5-6-21-13/h3-7,12H,8-9H2,1-2H3. The molecule has 0 radical (unpaired) electrons. The molecule has 110 valence electrons. The number of likely N-dealkylation sites (N-methyl/N-ethyl adjacent to an activating group) is 1. The average Bonchev–Trinajstić information content (AvgIpc) is 3.13. The summed E-state index contributed by atoms with van der Waals surface area (Å²) in [5.74, 6) is 1.17. The molecule has 2 aromatic rings. The normalized spacial score (nSPS) is 18.2. The number of hydrogen-bond donors (Lipinski definition) is 0. The first-order valence-corrected chi connectivity index (χ1v) is 8.68. The molecular formula is C15H16N2O2S2. The summed E-state index contributed by atoms with van der Waals surface area (Å²) in [7, 11) is 3.46. The number of benzene rings is 1. The molecule has 2 amide bonds. The van der Waals surface area contributed by atoms with Crippen LogP contribution in [0.4, 0.5) is 0 Å². The molecule has 0 bridgehead atoms. The van der Waals surface area contributed by atoms with Crippen molar-refractivity contribution >= 4 is 45.0 Å². The van der Waals surface area contributed by atoms with E-state index in [0.29, 0.717) is 17.2 Å². The topological polar surface area (TPSA) is 40.6 Å². The fourth-order valence-corrected chi connectivity index (χ4v) is 4.33. The van der Waals surface area contributed by atoms with Gasteiger partial charge in [-0.3, -0.25) is 9.59 Å². The predicted octanol–water partition coefficient (Wildman–Crippen LogP) is 2.50. The molecule has 1 aromatic heterocycles. The number of thiophene rings is 1. The Morgan fingerprint density at radius 1 is 1.29 bits per heavy atom. The summed E-state index contributed by atoms with van der Waals surface area (Å²) in [5.41, 5.74) is 0.653. The van der Waals surface area contributed by atoms with E-state index in [1.807, 2.05) is 29.6 Å². The third-order valence-electron chi connectivity index (χ3n) is 3.57. The Bertz CT molecular complexity index is 696. The summed E-state index contributed by atoms with van der Waals surface area (Å²) < 4.78 is 1.17. The second-order valence-corrected chi connectivity index (χ2v) is 7.14. The van der Waals surface area contributed by atoms with Gasteiger partial charge in [0.2, 0.25) is 5.91 Å². The number of fused-ring (bicyclic) bond motifs is 1. The Kier molecular flexibility index (Phi) is 3.91. The fourth-order valence-electron chi connectivity index (χ4n) is 2.41. The molecule has 4 nitrogen and oxygen atoms in total. The Morgan fingerprint density at radius 3 is 2.86 bits per heavy atom. The first-order chi connectivity index (χ1) is 10.1. The molecule has 21 heavy (non-hydrogen) atoms. The van der Waals surface area contributed by atoms with E-state index in [1.54, 1.807) is 47.0 Å². The van der Waals surface area contributed by atoms with Crippen LogP contribution in [0, 0.1) is 0 Å². The van der Waals surface area contributed by atoms with E-state index in [9.17, 15) is 9.59 Å². The van der Waals surface area contributed by atoms with Gasteiger partial charge in [-0.05, 0) is 35.0 Å². The van der Waals surface area contributed by atoms with Crippen molar-refractivity contribution in [1.82, 2.24) is 9.80 Å². The largest absolute Gasteiger partial charge is 0.347 e. The van der Waals surface area contributed by atoms with Crippen LogP contribution in [0.3, 0.4) is 0 Å². The van der Waals surface area contributed by atoms with Crippen LogP contribution >= 0.6 is 23.1 Å². The SMILES string of the molecule is CN(C)C(=O)C1CSCN1C(=O)c1ccc2sccc2c1. The fraction of sp³-hybridized carbons (Fsp3) is 0.333. The monoisotopic (exact) mass is 320 g/mol. The van der Waals surface area contributed by atoms with Crippen molar-refractivity contribution in [2.45, 2.75) is 6.04 Å². The molecule has 0 saturated carbocycles. The van der Waals surface area contributed by atoms with Crippen molar-refractivity contribution in [3.63, 3.8) is 0 Å². The Morgan fingerprint density at radius 2 is 2.10 bits per heavy atom. The Balaban J connectivity index is 1.88. The van der Waals surface area contributed by atoms with Crippen LogP contribution in [-0.2, 0) is 4.79 Å². The molecule has 3 rings (SSSR count). The third kappa shape index (κ3) is 2.65. The van der Waals surface area contributed by atoms with Crippen LogP contribution in [-0.4, -0.2) is 53.4 Å². The zero-order valence-electron chi connectivity index (χ0n) is 11.9. The number of thioether (sulfide) groups is 1. The van der Waals surface area contributed by atoms with E-state index in [2.05, 4.69) is 0 Å². The molecule has 1 aromatic carbocycles. The van der Waals surface area contributed by atoms with Crippen LogP contribution in [0.15, 0.2) is 29.6 Å². The molecule has 1 saturated heterocycles. The number of rotatable bonds is 2. The van der Waals surface area contributed by atoms with Gasteiger partial charge in [0.1, 0.15) is 6.04 Å². The summed E-state index contributed by atoms with van der Waals surface area (Å²) in [6, 6.07) is 7.39. The first kappa shape index (κ1) is 14.4. The lowest BCUT2D eigenvalue weighted by Gasteiger charge is -2.25. The second kappa shape index (κ2) is 5.69. The quantitative estimate of drug-likeness (QED) is 0.854. The summed E-state index contributed by atoms with van der Waals surface area (Å²) >= 11 is 3.28. The highest BCUT2D eigenvalue weighted by atomic mass is 32.2. The highest BCUT2D eigenvalue weighted by Gasteiger charge is 2.35. The maximum absolute atomic E-state index is 12.7. The van der Waals surface area contributed by atoms with Crippen molar-refractivity contribution in [2.24, 2.45) is 0 Å². The lowest BCUT2D eigenvalue weighted by atomic mass is 10.1. The van der Waals surface area contributed by atoms with Crippen molar-refractivity contribution < 1.29 is 9.59 Å². The minimum Gasteiger partial charge on any atom is -0.347 e. The van der Waals surface area contributed by atoms with Gasteiger partial charge in [-0.1, -0.05) is 0 Å². The lowest BCUT2D eigenvalue weighted by molar-refractivity contribution is -0.132. The number of hydrogen-bond acceptors (Lipinski definition) is 4. The number of carbonyl (C=O) groups excluding carboxylic acids is 2. The summed E-state index contributed by atoms with van der Waals surface area (Å²) in [4.78, 5) is 28.1. The maximum atomic E-state index is 12.7. The highest BCUT2D eigenvalue weighted by molar-refractivity contribution is 7.99. The molecule has 1 aliphatic rings. The van der Waals surface area contributed by atoms with E-state index in [0.717, 1.165) is 5.39 Å².